The molecule has 3 heterocycles. The second kappa shape index (κ2) is 17.2. The van der Waals surface area contributed by atoms with Gasteiger partial charge in [0, 0.05) is 0 Å². The normalized spacial score (nSPS) is 44.8. The van der Waals surface area contributed by atoms with Crippen molar-refractivity contribution in [2.45, 2.75) is 107 Å². The van der Waals surface area contributed by atoms with Crippen LogP contribution in [0.15, 0.2) is 0 Å². The third kappa shape index (κ3) is 8.54. The quantitative estimate of drug-likeness (QED) is 0.0778. The van der Waals surface area contributed by atoms with Crippen molar-refractivity contribution in [1.82, 2.24) is 5.32 Å². The predicted molar refractivity (Wildman–Crippen MR) is 142 cm³/mol. The van der Waals surface area contributed by atoms with Crippen LogP contribution < -0.4 is 11.1 Å². The molecule has 0 amide bonds. The first-order valence-corrected chi connectivity index (χ1v) is 14.6. The molecular weight excluding hydrogens is 564 g/mol. The highest BCUT2D eigenvalue weighted by Gasteiger charge is 2.54. The summed E-state index contributed by atoms with van der Waals surface area (Å²) >= 11 is 0. The fraction of sp³-hybridized carbons (Fsp3) is 1.00. The molecule has 16 nitrogen and oxygen atoms in total. The van der Waals surface area contributed by atoms with Gasteiger partial charge in [0.15, 0.2) is 18.9 Å². The first-order chi connectivity index (χ1) is 20.1. The molecule has 0 saturated carbocycles. The van der Waals surface area contributed by atoms with Gasteiger partial charge in [0.1, 0.15) is 54.9 Å². The fourth-order valence-corrected chi connectivity index (χ4v) is 5.31. The van der Waals surface area contributed by atoms with Crippen molar-refractivity contribution < 1.29 is 69.3 Å². The van der Waals surface area contributed by atoms with Crippen molar-refractivity contribution in [2.75, 3.05) is 46.1 Å². The smallest absolute Gasteiger partial charge is 0.187 e. The standard InChI is InChI=1S/C26H50N2O14/c1-12-13(2)17(32)24(38-14(12)9-29)41-22-19(34)16(11-31)40-26(37-8-4-7-28-6-3-5-27)23(22)42-25-21(36)20(35)18(33)15(10-30)39-25/h12-26,28-36H,3-11,27H2,1-2H3/t12-,13-,14-,15?,16-,17-,18-,19+,20-,21+,22?,23?,24?,25?,26?/m0/s1. The Morgan fingerprint density at radius 2 is 1.17 bits per heavy atom. The molecule has 0 aromatic heterocycles. The molecule has 0 aromatic rings. The maximum absolute atomic E-state index is 11.2. The third-order valence-electron chi connectivity index (χ3n) is 8.29. The van der Waals surface area contributed by atoms with E-state index < -0.39 is 93.1 Å². The maximum atomic E-state index is 11.2. The Hall–Kier alpha value is -0.640. The first kappa shape index (κ1) is 35.8. The van der Waals surface area contributed by atoms with Crippen molar-refractivity contribution >= 4 is 0 Å². The lowest BCUT2D eigenvalue weighted by molar-refractivity contribution is -0.389. The van der Waals surface area contributed by atoms with E-state index in [2.05, 4.69) is 5.32 Å². The Bertz CT molecular complexity index is 769. The van der Waals surface area contributed by atoms with Crippen LogP contribution in [-0.4, -0.2) is 167 Å². The van der Waals surface area contributed by atoms with E-state index in [0.29, 0.717) is 19.5 Å². The summed E-state index contributed by atoms with van der Waals surface area (Å²) < 4.78 is 35.1. The van der Waals surface area contributed by atoms with E-state index in [-0.39, 0.29) is 25.0 Å². The Morgan fingerprint density at radius 3 is 1.81 bits per heavy atom. The monoisotopic (exact) mass is 614 g/mol. The van der Waals surface area contributed by atoms with Gasteiger partial charge in [0.2, 0.25) is 0 Å². The number of nitrogens with one attached hydrogen (secondary N) is 1. The number of hydrogen-bond acceptors (Lipinski definition) is 16. The summed E-state index contributed by atoms with van der Waals surface area (Å²) in [5.41, 5.74) is 5.50. The largest absolute Gasteiger partial charge is 0.394 e. The molecule has 3 aliphatic heterocycles. The van der Waals surface area contributed by atoms with Gasteiger partial charge in [-0.15, -0.1) is 0 Å². The zero-order valence-corrected chi connectivity index (χ0v) is 24.1. The minimum absolute atomic E-state index is 0.138. The van der Waals surface area contributed by atoms with Crippen molar-refractivity contribution in [2.24, 2.45) is 17.6 Å². The van der Waals surface area contributed by atoms with Crippen molar-refractivity contribution in [3.05, 3.63) is 0 Å². The molecule has 0 aromatic carbocycles. The SMILES string of the molecule is C[C@H]1[C@H](C)[C@H](O)C(OC2C(OC3OC(CO)[C@H](O)[C@H](O)[C@H]3O)C(OCCCNCCCN)O[C@@H](CO)[C@H]2O)O[C@H]1CO. The molecule has 0 spiro atoms. The Balaban J connectivity index is 1.84. The lowest BCUT2D eigenvalue weighted by Gasteiger charge is -2.49. The summed E-state index contributed by atoms with van der Waals surface area (Å²) in [6, 6.07) is 0. The number of nitrogens with two attached hydrogens (primary N) is 1. The molecule has 3 aliphatic rings. The fourth-order valence-electron chi connectivity index (χ4n) is 5.31. The van der Waals surface area contributed by atoms with Crippen LogP contribution in [0.5, 0.6) is 0 Å². The number of aliphatic hydroxyl groups is 8. The lowest BCUT2D eigenvalue weighted by atomic mass is 9.83. The third-order valence-corrected chi connectivity index (χ3v) is 8.29. The van der Waals surface area contributed by atoms with Crippen LogP contribution in [0, 0.1) is 11.8 Å². The Morgan fingerprint density at radius 1 is 0.619 bits per heavy atom. The van der Waals surface area contributed by atoms with Crippen LogP contribution in [0.4, 0.5) is 0 Å². The summed E-state index contributed by atoms with van der Waals surface area (Å²) in [5.74, 6) is -0.583. The van der Waals surface area contributed by atoms with Crippen LogP contribution in [-0.2, 0) is 28.4 Å². The highest BCUT2D eigenvalue weighted by Crippen LogP contribution is 2.36. The van der Waals surface area contributed by atoms with Gasteiger partial charge in [-0.3, -0.25) is 0 Å². The van der Waals surface area contributed by atoms with Gasteiger partial charge in [-0.05, 0) is 44.3 Å². The van der Waals surface area contributed by atoms with Crippen LogP contribution in [0.3, 0.4) is 0 Å². The zero-order chi connectivity index (χ0) is 31.0. The second-order valence-corrected chi connectivity index (χ2v) is 11.2. The topological polar surface area (TPSA) is 255 Å². The van der Waals surface area contributed by atoms with Gasteiger partial charge >= 0.3 is 0 Å². The van der Waals surface area contributed by atoms with E-state index in [1.165, 1.54) is 0 Å². The molecule has 0 bridgehead atoms. The number of rotatable bonds is 15. The highest BCUT2D eigenvalue weighted by molar-refractivity contribution is 4.96. The van der Waals surface area contributed by atoms with Gasteiger partial charge in [0.05, 0.1) is 32.5 Å². The number of ether oxygens (including phenoxy) is 6. The van der Waals surface area contributed by atoms with E-state index in [1.54, 1.807) is 6.92 Å². The number of hydrogen-bond donors (Lipinski definition) is 10. The Labute approximate surface area is 245 Å². The summed E-state index contributed by atoms with van der Waals surface area (Å²) in [7, 11) is 0. The average Bonchev–Trinajstić information content (AvgIpc) is 2.99. The Kier molecular flexibility index (Phi) is 14.6. The summed E-state index contributed by atoms with van der Waals surface area (Å²) in [5, 5.41) is 85.8. The van der Waals surface area contributed by atoms with Crippen LogP contribution in [0.25, 0.3) is 0 Å². The number of aliphatic hydroxyl groups excluding tert-OH is 8. The molecule has 3 rings (SSSR count). The maximum Gasteiger partial charge on any atom is 0.187 e. The molecule has 42 heavy (non-hydrogen) atoms. The van der Waals surface area contributed by atoms with Gasteiger partial charge in [-0.2, -0.15) is 0 Å². The van der Waals surface area contributed by atoms with Gasteiger partial charge < -0.3 is 80.3 Å². The molecule has 3 fully saturated rings. The highest BCUT2D eigenvalue weighted by atomic mass is 16.8. The molecule has 0 aliphatic carbocycles. The molecular formula is C26H50N2O14. The van der Waals surface area contributed by atoms with Gasteiger partial charge in [0.25, 0.3) is 0 Å². The predicted octanol–water partition coefficient (Wildman–Crippen LogP) is -4.67. The van der Waals surface area contributed by atoms with Crippen molar-refractivity contribution in [1.29, 1.82) is 0 Å². The van der Waals surface area contributed by atoms with Crippen LogP contribution >= 0.6 is 0 Å². The molecule has 11 N–H and O–H groups in total. The van der Waals surface area contributed by atoms with E-state index in [0.717, 1.165) is 13.0 Å². The molecule has 248 valence electrons. The first-order valence-electron chi connectivity index (χ1n) is 14.6. The van der Waals surface area contributed by atoms with Gasteiger partial charge in [-0.1, -0.05) is 13.8 Å². The summed E-state index contributed by atoms with van der Waals surface area (Å²) in [4.78, 5) is 0. The van der Waals surface area contributed by atoms with Crippen molar-refractivity contribution in [3.63, 3.8) is 0 Å². The minimum Gasteiger partial charge on any atom is -0.394 e. The zero-order valence-electron chi connectivity index (χ0n) is 24.1. The van der Waals surface area contributed by atoms with E-state index in [1.807, 2.05) is 6.92 Å². The van der Waals surface area contributed by atoms with E-state index in [4.69, 9.17) is 34.2 Å². The average molecular weight is 615 g/mol. The van der Waals surface area contributed by atoms with E-state index >= 15 is 0 Å². The molecule has 15 atom stereocenters. The lowest BCUT2D eigenvalue weighted by Crippen LogP contribution is -2.66. The van der Waals surface area contributed by atoms with Crippen molar-refractivity contribution in [3.8, 4) is 0 Å². The molecule has 0 radical (unpaired) electrons. The van der Waals surface area contributed by atoms with Crippen LogP contribution in [0.1, 0.15) is 26.7 Å². The molecule has 3 saturated heterocycles. The summed E-state index contributed by atoms with van der Waals surface area (Å²) in [6.07, 6.45) is -16.8. The summed E-state index contributed by atoms with van der Waals surface area (Å²) in [6.45, 7) is 3.93. The van der Waals surface area contributed by atoms with E-state index in [9.17, 15) is 40.9 Å². The molecule has 6 unspecified atom stereocenters. The molecule has 16 heteroatoms. The van der Waals surface area contributed by atoms with Gasteiger partial charge in [-0.25, -0.2) is 0 Å². The van der Waals surface area contributed by atoms with Crippen LogP contribution in [0.2, 0.25) is 0 Å². The minimum atomic E-state index is -1.78. The second-order valence-electron chi connectivity index (χ2n) is 11.2.